The molecular formula is C53H78O8. The average molecular weight is 843 g/mol. The van der Waals surface area contributed by atoms with E-state index in [1.807, 2.05) is 60.7 Å². The number of esters is 2. The fourth-order valence-corrected chi connectivity index (χ4v) is 13.0. The lowest BCUT2D eigenvalue weighted by atomic mass is 9.63. The maximum atomic E-state index is 11.8. The lowest BCUT2D eigenvalue weighted by Gasteiger charge is -2.47. The molecule has 0 aliphatic heterocycles. The number of rotatable bonds is 26. The van der Waals surface area contributed by atoms with Crippen LogP contribution in [0, 0.1) is 39.9 Å². The highest BCUT2D eigenvalue weighted by Gasteiger charge is 2.88. The minimum absolute atomic E-state index is 0.0826. The highest BCUT2D eigenvalue weighted by molar-refractivity contribution is 5.66. The van der Waals surface area contributed by atoms with Gasteiger partial charge in [-0.25, -0.2) is 0 Å². The number of fused-ring (bicyclic) bond motifs is 2. The van der Waals surface area contributed by atoms with Crippen molar-refractivity contribution >= 4 is 11.9 Å². The third kappa shape index (κ3) is 10.8. The summed E-state index contributed by atoms with van der Waals surface area (Å²) >= 11 is 0. The van der Waals surface area contributed by atoms with Crippen molar-refractivity contribution in [2.24, 2.45) is 39.9 Å². The van der Waals surface area contributed by atoms with Crippen molar-refractivity contribution in [3.63, 3.8) is 0 Å². The van der Waals surface area contributed by atoms with Crippen molar-refractivity contribution in [3.8, 4) is 0 Å². The molecule has 2 bridgehead atoms. The van der Waals surface area contributed by atoms with Crippen LogP contribution in [0.2, 0.25) is 0 Å². The zero-order valence-electron chi connectivity index (χ0n) is 38.7. The van der Waals surface area contributed by atoms with Crippen LogP contribution in [0.25, 0.3) is 0 Å². The Balaban J connectivity index is 0.760. The third-order valence-corrected chi connectivity index (χ3v) is 16.4. The molecule has 0 spiro atoms. The van der Waals surface area contributed by atoms with Gasteiger partial charge in [-0.15, -0.1) is 0 Å². The molecule has 5 aliphatic rings. The molecule has 8 heteroatoms. The zero-order valence-corrected chi connectivity index (χ0v) is 38.7. The van der Waals surface area contributed by atoms with Crippen LogP contribution in [0.3, 0.4) is 0 Å². The summed E-state index contributed by atoms with van der Waals surface area (Å²) in [6.07, 6.45) is 17.5. The van der Waals surface area contributed by atoms with Gasteiger partial charge in [0.25, 0.3) is 0 Å². The number of hydrogen-bond donors (Lipinski definition) is 0. The molecule has 2 aromatic rings. The smallest absolute Gasteiger partial charge is 0.303 e. The highest BCUT2D eigenvalue weighted by Crippen LogP contribution is 2.94. The summed E-state index contributed by atoms with van der Waals surface area (Å²) in [6.45, 7) is 17.8. The molecule has 8 nitrogen and oxygen atoms in total. The maximum absolute atomic E-state index is 11.8. The molecule has 5 aliphatic carbocycles. The SMILES string of the molecule is CC(=O)OC(COC(C)CCCCOCCC1(C)CCC2C(C1)C1CC23CC13CC(C)(C)OCCCCC1CCC1(C)OCC(OC(C)=O)c1ccccc1)c1ccccc1. The number of ether oxygens (including phenoxy) is 6. The molecule has 5 saturated carbocycles. The van der Waals surface area contributed by atoms with Crippen LogP contribution in [-0.2, 0) is 38.0 Å². The molecule has 0 amide bonds. The van der Waals surface area contributed by atoms with Gasteiger partial charge in [-0.2, -0.15) is 0 Å². The van der Waals surface area contributed by atoms with E-state index < -0.39 is 0 Å². The van der Waals surface area contributed by atoms with Gasteiger partial charge < -0.3 is 28.4 Å². The van der Waals surface area contributed by atoms with Crippen molar-refractivity contribution in [2.75, 3.05) is 33.0 Å². The zero-order chi connectivity index (χ0) is 43.3. The minimum atomic E-state index is -0.375. The number of unbranched alkanes of at least 4 members (excludes halogenated alkanes) is 2. The van der Waals surface area contributed by atoms with Crippen molar-refractivity contribution < 1.29 is 38.0 Å². The molecule has 0 N–H and O–H groups in total. The number of benzene rings is 2. The Labute approximate surface area is 367 Å². The number of hydrogen-bond acceptors (Lipinski definition) is 8. The minimum Gasteiger partial charge on any atom is -0.455 e. The molecule has 7 rings (SSSR count). The third-order valence-electron chi connectivity index (χ3n) is 16.4. The normalized spacial score (nSPS) is 32.4. The van der Waals surface area contributed by atoms with E-state index in [9.17, 15) is 9.59 Å². The average Bonchev–Trinajstić information content (AvgIpc) is 3.44. The van der Waals surface area contributed by atoms with Gasteiger partial charge >= 0.3 is 11.9 Å². The summed E-state index contributed by atoms with van der Waals surface area (Å²) in [5.41, 5.74) is 3.25. The number of carbonyl (C=O) groups excluding carboxylic acids is 2. The first-order valence-electron chi connectivity index (χ1n) is 24.1. The summed E-state index contributed by atoms with van der Waals surface area (Å²) < 4.78 is 36.8. The highest BCUT2D eigenvalue weighted by atomic mass is 16.6. The Bertz CT molecular complexity index is 1730. The van der Waals surface area contributed by atoms with Gasteiger partial charge in [0.1, 0.15) is 0 Å². The van der Waals surface area contributed by atoms with Gasteiger partial charge in [0.2, 0.25) is 0 Å². The molecule has 11 atom stereocenters. The van der Waals surface area contributed by atoms with E-state index in [4.69, 9.17) is 28.4 Å². The lowest BCUT2D eigenvalue weighted by Crippen LogP contribution is -2.47. The molecule has 0 radical (unpaired) electrons. The summed E-state index contributed by atoms with van der Waals surface area (Å²) in [6, 6.07) is 19.8. The van der Waals surface area contributed by atoms with Gasteiger partial charge in [0.05, 0.1) is 30.5 Å². The summed E-state index contributed by atoms with van der Waals surface area (Å²) in [7, 11) is 0. The summed E-state index contributed by atoms with van der Waals surface area (Å²) in [4.78, 5) is 23.5. The topological polar surface area (TPSA) is 89.5 Å². The maximum Gasteiger partial charge on any atom is 0.303 e. The van der Waals surface area contributed by atoms with Crippen molar-refractivity contribution in [1.29, 1.82) is 0 Å². The Morgan fingerprint density at radius 2 is 1.43 bits per heavy atom. The Kier molecular flexibility index (Phi) is 14.8. The van der Waals surface area contributed by atoms with Crippen molar-refractivity contribution in [3.05, 3.63) is 71.8 Å². The molecule has 0 heterocycles. The van der Waals surface area contributed by atoms with Gasteiger partial charge in [-0.1, -0.05) is 74.0 Å². The van der Waals surface area contributed by atoms with Crippen LogP contribution in [-0.4, -0.2) is 62.3 Å². The molecule has 5 fully saturated rings. The van der Waals surface area contributed by atoms with Gasteiger partial charge in [-0.05, 0) is 169 Å². The largest absolute Gasteiger partial charge is 0.455 e. The second kappa shape index (κ2) is 19.5. The predicted octanol–water partition coefficient (Wildman–Crippen LogP) is 12.0. The van der Waals surface area contributed by atoms with Crippen LogP contribution in [0.5, 0.6) is 0 Å². The van der Waals surface area contributed by atoms with E-state index in [0.717, 1.165) is 93.6 Å². The number of carbonyl (C=O) groups is 2. The van der Waals surface area contributed by atoms with Crippen LogP contribution < -0.4 is 0 Å². The van der Waals surface area contributed by atoms with Gasteiger partial charge in [0, 0.05) is 33.7 Å². The Morgan fingerprint density at radius 1 is 0.770 bits per heavy atom. The summed E-state index contributed by atoms with van der Waals surface area (Å²) in [5.74, 6) is 2.68. The second-order valence-corrected chi connectivity index (χ2v) is 21.3. The van der Waals surface area contributed by atoms with Crippen LogP contribution in [0.4, 0.5) is 0 Å². The Morgan fingerprint density at radius 3 is 2.07 bits per heavy atom. The van der Waals surface area contributed by atoms with E-state index in [2.05, 4.69) is 34.6 Å². The fourth-order valence-electron chi connectivity index (χ4n) is 13.0. The van der Waals surface area contributed by atoms with E-state index >= 15 is 0 Å². The Hall–Kier alpha value is -2.78. The van der Waals surface area contributed by atoms with Crippen molar-refractivity contribution in [2.45, 2.75) is 174 Å². The predicted molar refractivity (Wildman–Crippen MR) is 239 cm³/mol. The fraction of sp³-hybridized carbons (Fsp3) is 0.736. The van der Waals surface area contributed by atoms with Gasteiger partial charge in [-0.3, -0.25) is 9.59 Å². The molecule has 0 aromatic heterocycles. The van der Waals surface area contributed by atoms with E-state index in [-0.39, 0.29) is 41.5 Å². The first-order chi connectivity index (χ1) is 29.2. The van der Waals surface area contributed by atoms with Crippen LogP contribution >= 0.6 is 0 Å². The molecular weight excluding hydrogens is 765 g/mol. The molecule has 11 unspecified atom stereocenters. The first-order valence-corrected chi connectivity index (χ1v) is 24.1. The molecule has 2 aromatic carbocycles. The first kappa shape index (κ1) is 46.2. The lowest BCUT2D eigenvalue weighted by molar-refractivity contribution is -0.173. The monoisotopic (exact) mass is 843 g/mol. The second-order valence-electron chi connectivity index (χ2n) is 21.3. The molecule has 0 saturated heterocycles. The van der Waals surface area contributed by atoms with Crippen LogP contribution in [0.1, 0.15) is 168 Å². The van der Waals surface area contributed by atoms with Gasteiger partial charge in [0.15, 0.2) is 12.2 Å². The van der Waals surface area contributed by atoms with Crippen LogP contribution in [0.15, 0.2) is 60.7 Å². The van der Waals surface area contributed by atoms with Crippen molar-refractivity contribution in [1.82, 2.24) is 0 Å². The molecule has 61 heavy (non-hydrogen) atoms. The molecule has 338 valence electrons. The van der Waals surface area contributed by atoms with E-state index in [1.165, 1.54) is 65.2 Å². The van der Waals surface area contributed by atoms with E-state index in [0.29, 0.717) is 35.4 Å². The summed E-state index contributed by atoms with van der Waals surface area (Å²) in [5, 5.41) is 0. The quantitative estimate of drug-likeness (QED) is 0.0683. The standard InChI is InChI=1S/C53H78O8/c1-38(57-34-47(60-39(2)54)41-19-10-8-11-20-41)18-14-16-29-56-31-28-50(6)26-25-45-44(32-50)46-33-52(45)37-53(46,52)36-49(4,5)58-30-17-15-23-43-24-27-51(43,7)59-35-48(61-40(3)55)42-21-12-9-13-22-42/h8-13,19-22,38,43-48H,14-18,23-37H2,1-7H3. The van der Waals surface area contributed by atoms with E-state index in [1.54, 1.807) is 0 Å².